The van der Waals surface area contributed by atoms with Gasteiger partial charge in [0.05, 0.1) is 11.0 Å². The number of anilines is 4. The Morgan fingerprint density at radius 1 is 0.742 bits per heavy atom. The highest BCUT2D eigenvalue weighted by Crippen LogP contribution is 2.39. The minimum atomic E-state index is 0.0972. The highest BCUT2D eigenvalue weighted by atomic mass is 15.3. The average Bonchev–Trinajstić information content (AvgIpc) is 3.17. The van der Waals surface area contributed by atoms with Crippen LogP contribution in [0, 0.1) is 6.92 Å². The number of nitrogens with zero attached hydrogens (tertiary/aromatic N) is 4. The second-order valence-electron chi connectivity index (χ2n) is 8.77. The summed E-state index contributed by atoms with van der Waals surface area (Å²) in [6.45, 7) is 2.28. The van der Waals surface area contributed by atoms with Gasteiger partial charge < -0.3 is 14.3 Å². The van der Waals surface area contributed by atoms with E-state index in [1.54, 1.807) is 0 Å². The van der Waals surface area contributed by atoms with E-state index in [0.29, 0.717) is 0 Å². The largest absolute Gasteiger partial charge is 0.345 e. The molecule has 0 unspecified atom stereocenters. The number of rotatable bonds is 0. The molecule has 0 amide bonds. The van der Waals surface area contributed by atoms with E-state index in [0.717, 1.165) is 11.5 Å². The van der Waals surface area contributed by atoms with Crippen molar-refractivity contribution in [3.8, 4) is 0 Å². The fraction of sp³-hybridized carbons (Fsp3) is 0.115. The van der Waals surface area contributed by atoms with Crippen LogP contribution < -0.4 is 20.7 Å². The first kappa shape index (κ1) is 17.0. The van der Waals surface area contributed by atoms with E-state index in [1.807, 2.05) is 0 Å². The molecule has 2 aliphatic heterocycles. The summed E-state index contributed by atoms with van der Waals surface area (Å²) in [4.78, 5) is 9.66. The molecular weight excluding hydrogens is 379 g/mol. The number of hydrogen-bond donors (Lipinski definition) is 0. The van der Waals surface area contributed by atoms with E-state index >= 15 is 0 Å². The van der Waals surface area contributed by atoms with Crippen molar-refractivity contribution in [2.45, 2.75) is 6.92 Å². The van der Waals surface area contributed by atoms with Gasteiger partial charge in [-0.25, -0.2) is 4.98 Å². The minimum absolute atomic E-state index is 0.0972. The van der Waals surface area contributed by atoms with Gasteiger partial charge in [0.15, 0.2) is 5.95 Å². The monoisotopic (exact) mass is 400 g/mol. The number of benzene rings is 4. The smallest absolute Gasteiger partial charge is 0.337 e. The predicted octanol–water partition coefficient (Wildman–Crippen LogP) is 4.31. The van der Waals surface area contributed by atoms with Crippen LogP contribution >= 0.6 is 0 Å². The molecule has 148 valence electrons. The third kappa shape index (κ3) is 2.08. The predicted molar refractivity (Wildman–Crippen MR) is 131 cm³/mol. The number of para-hydroxylation sites is 2. The second-order valence-corrected chi connectivity index (χ2v) is 8.77. The zero-order valence-corrected chi connectivity index (χ0v) is 17.8. The fourth-order valence-electron chi connectivity index (χ4n) is 5.53. The molecule has 0 N–H and O–H groups in total. The molecule has 0 spiro atoms. The molecule has 3 heterocycles. The van der Waals surface area contributed by atoms with Crippen LogP contribution in [0.3, 0.4) is 0 Å². The van der Waals surface area contributed by atoms with Crippen LogP contribution in [-0.4, -0.2) is 30.4 Å². The first-order valence-electron chi connectivity index (χ1n) is 10.7. The molecule has 0 atom stereocenters. The molecule has 0 radical (unpaired) electrons. The van der Waals surface area contributed by atoms with Gasteiger partial charge >= 0.3 is 6.85 Å². The van der Waals surface area contributed by atoms with E-state index in [1.165, 1.54) is 49.8 Å². The van der Waals surface area contributed by atoms with E-state index in [9.17, 15) is 0 Å². The van der Waals surface area contributed by atoms with Crippen molar-refractivity contribution in [1.29, 1.82) is 0 Å². The van der Waals surface area contributed by atoms with Gasteiger partial charge in [0.1, 0.15) is 0 Å². The van der Waals surface area contributed by atoms with Crippen molar-refractivity contribution >= 4 is 62.6 Å². The Labute approximate surface area is 181 Å². The number of aromatic nitrogens is 2. The fourth-order valence-corrected chi connectivity index (χ4v) is 5.53. The Kier molecular flexibility index (Phi) is 3.13. The normalized spacial score (nSPS) is 14.1. The van der Waals surface area contributed by atoms with Crippen LogP contribution in [0.2, 0.25) is 0 Å². The van der Waals surface area contributed by atoms with Gasteiger partial charge in [-0.3, -0.25) is 0 Å². The molecule has 4 aromatic carbocycles. The molecule has 0 aliphatic carbocycles. The molecule has 0 bridgehead atoms. The van der Waals surface area contributed by atoms with Crippen molar-refractivity contribution in [3.63, 3.8) is 0 Å². The summed E-state index contributed by atoms with van der Waals surface area (Å²) in [6, 6.07) is 26.5. The number of imidazole rings is 1. The number of fused-ring (bicyclic) bond motifs is 7. The van der Waals surface area contributed by atoms with Gasteiger partial charge in [-0.2, -0.15) is 0 Å². The summed E-state index contributed by atoms with van der Waals surface area (Å²) in [5.41, 5.74) is 9.95. The van der Waals surface area contributed by atoms with E-state index in [4.69, 9.17) is 4.98 Å². The first-order valence-corrected chi connectivity index (χ1v) is 10.7. The van der Waals surface area contributed by atoms with Crippen LogP contribution in [0.15, 0.2) is 72.8 Å². The molecule has 5 heteroatoms. The molecule has 4 nitrogen and oxygen atoms in total. The lowest BCUT2D eigenvalue weighted by Crippen LogP contribution is -2.58. The highest BCUT2D eigenvalue weighted by Gasteiger charge is 2.43. The molecular formula is C26H21BN4. The minimum Gasteiger partial charge on any atom is -0.345 e. The Bertz CT molecular complexity index is 1550. The maximum absolute atomic E-state index is 5.04. The zero-order chi connectivity index (χ0) is 20.9. The maximum Gasteiger partial charge on any atom is 0.337 e. The van der Waals surface area contributed by atoms with Gasteiger partial charge in [-0.15, -0.1) is 0 Å². The SMILES string of the molecule is Cc1cc2c3c(c1)N(C)c1nc4ccccc4n1B3c1cc3ccccc3cc1N2C. The number of aryl methyl sites for hydroxylation is 1. The van der Waals surface area contributed by atoms with Gasteiger partial charge in [0.2, 0.25) is 0 Å². The molecule has 7 rings (SSSR count). The van der Waals surface area contributed by atoms with Gasteiger partial charge in [-0.05, 0) is 64.5 Å². The lowest BCUT2D eigenvalue weighted by Gasteiger charge is -2.41. The van der Waals surface area contributed by atoms with E-state index in [-0.39, 0.29) is 6.85 Å². The number of hydrogen-bond acceptors (Lipinski definition) is 3. The summed E-state index contributed by atoms with van der Waals surface area (Å²) in [7, 11) is 4.33. The van der Waals surface area contributed by atoms with Crippen molar-refractivity contribution in [3.05, 3.63) is 78.4 Å². The standard InChI is InChI=1S/C26H21BN4/c1-16-12-23-25-24(13-16)30(3)26-28-20-10-6-7-11-21(20)31(26)27(25)19-14-17-8-4-5-9-18(17)15-22(19)29(23)2/h4-15H,1-3H3. The zero-order valence-electron chi connectivity index (χ0n) is 17.8. The lowest BCUT2D eigenvalue weighted by molar-refractivity contribution is 1.04. The molecule has 0 fully saturated rings. The van der Waals surface area contributed by atoms with Crippen molar-refractivity contribution in [1.82, 2.24) is 9.46 Å². The van der Waals surface area contributed by atoms with Crippen molar-refractivity contribution in [2.75, 3.05) is 23.9 Å². The Morgan fingerprint density at radius 2 is 1.42 bits per heavy atom. The van der Waals surface area contributed by atoms with E-state index < -0.39 is 0 Å². The molecule has 31 heavy (non-hydrogen) atoms. The van der Waals surface area contributed by atoms with Crippen molar-refractivity contribution < 1.29 is 0 Å². The Balaban J connectivity index is 1.66. The van der Waals surface area contributed by atoms with Crippen LogP contribution in [0.4, 0.5) is 23.0 Å². The quantitative estimate of drug-likeness (QED) is 0.362. The molecule has 0 saturated heterocycles. The second kappa shape index (κ2) is 5.70. The van der Waals surface area contributed by atoms with Crippen LogP contribution in [0.25, 0.3) is 21.8 Å². The third-order valence-corrected chi connectivity index (χ3v) is 6.96. The maximum atomic E-state index is 5.04. The summed E-state index contributed by atoms with van der Waals surface area (Å²) < 4.78 is 2.43. The van der Waals surface area contributed by atoms with E-state index in [2.05, 4.69) is 108 Å². The summed E-state index contributed by atoms with van der Waals surface area (Å²) in [5.74, 6) is 0.999. The molecule has 5 aromatic rings. The molecule has 2 aliphatic rings. The highest BCUT2D eigenvalue weighted by molar-refractivity contribution is 6.89. The van der Waals surface area contributed by atoms with Gasteiger partial charge in [-0.1, -0.05) is 42.5 Å². The van der Waals surface area contributed by atoms with Gasteiger partial charge in [0, 0.05) is 31.2 Å². The summed E-state index contributed by atoms with van der Waals surface area (Å²) >= 11 is 0. The third-order valence-electron chi connectivity index (χ3n) is 6.96. The van der Waals surface area contributed by atoms with Crippen LogP contribution in [0.5, 0.6) is 0 Å². The Hall–Kier alpha value is -3.73. The van der Waals surface area contributed by atoms with Gasteiger partial charge in [0.25, 0.3) is 0 Å². The summed E-state index contributed by atoms with van der Waals surface area (Å²) in [6.07, 6.45) is 0. The molecule has 1 aromatic heterocycles. The lowest BCUT2D eigenvalue weighted by atomic mass is 9.46. The topological polar surface area (TPSA) is 24.3 Å². The van der Waals surface area contributed by atoms with Crippen molar-refractivity contribution in [2.24, 2.45) is 0 Å². The first-order chi connectivity index (χ1) is 15.1. The Morgan fingerprint density at radius 3 is 2.23 bits per heavy atom. The summed E-state index contributed by atoms with van der Waals surface area (Å²) in [5, 5.41) is 2.55. The molecule has 0 saturated carbocycles. The van der Waals surface area contributed by atoms with Crippen LogP contribution in [0.1, 0.15) is 5.56 Å². The average molecular weight is 400 g/mol. The van der Waals surface area contributed by atoms with Crippen LogP contribution in [-0.2, 0) is 0 Å².